The molecule has 2 atom stereocenters. The summed E-state index contributed by atoms with van der Waals surface area (Å²) in [5.41, 5.74) is 0. The van der Waals surface area contributed by atoms with Crippen molar-refractivity contribution in [1.82, 2.24) is 9.78 Å². The van der Waals surface area contributed by atoms with Crippen molar-refractivity contribution in [3.05, 3.63) is 12.3 Å². The molecule has 3 heteroatoms. The second-order valence-electron chi connectivity index (χ2n) is 4.37. The van der Waals surface area contributed by atoms with Crippen molar-refractivity contribution in [2.24, 2.45) is 13.0 Å². The highest BCUT2D eigenvalue weighted by molar-refractivity contribution is 5.33. The third-order valence-electron chi connectivity index (χ3n) is 2.94. The van der Waals surface area contributed by atoms with Crippen molar-refractivity contribution < 1.29 is 0 Å². The van der Waals surface area contributed by atoms with Gasteiger partial charge in [0.1, 0.15) is 5.82 Å². The maximum atomic E-state index is 4.34. The first-order valence-corrected chi connectivity index (χ1v) is 5.91. The Morgan fingerprint density at radius 1 is 1.40 bits per heavy atom. The summed E-state index contributed by atoms with van der Waals surface area (Å²) in [6.45, 7) is 6.78. The molecular weight excluding hydrogens is 186 g/mol. The zero-order valence-electron chi connectivity index (χ0n) is 10.3. The lowest BCUT2D eigenvalue weighted by atomic mass is 9.98. The van der Waals surface area contributed by atoms with E-state index in [1.165, 1.54) is 12.8 Å². The first-order chi connectivity index (χ1) is 7.15. The molecule has 0 aromatic carbocycles. The van der Waals surface area contributed by atoms with E-state index in [9.17, 15) is 0 Å². The van der Waals surface area contributed by atoms with E-state index in [0.29, 0.717) is 6.04 Å². The molecule has 0 unspecified atom stereocenters. The van der Waals surface area contributed by atoms with Gasteiger partial charge in [0.2, 0.25) is 0 Å². The van der Waals surface area contributed by atoms with Gasteiger partial charge in [0, 0.05) is 25.4 Å². The van der Waals surface area contributed by atoms with Crippen LogP contribution in [0.1, 0.15) is 40.0 Å². The second-order valence-corrected chi connectivity index (χ2v) is 4.37. The van der Waals surface area contributed by atoms with Crippen molar-refractivity contribution in [2.45, 2.75) is 46.1 Å². The molecule has 0 bridgehead atoms. The van der Waals surface area contributed by atoms with Gasteiger partial charge in [0.15, 0.2) is 0 Å². The quantitative estimate of drug-likeness (QED) is 0.780. The largest absolute Gasteiger partial charge is 0.366 e. The van der Waals surface area contributed by atoms with Crippen molar-refractivity contribution in [3.63, 3.8) is 0 Å². The molecular formula is C12H23N3. The van der Waals surface area contributed by atoms with Crippen LogP contribution in [0.4, 0.5) is 5.82 Å². The Labute approximate surface area is 92.9 Å². The molecule has 1 aromatic heterocycles. The van der Waals surface area contributed by atoms with Crippen molar-refractivity contribution in [2.75, 3.05) is 5.32 Å². The summed E-state index contributed by atoms with van der Waals surface area (Å²) in [4.78, 5) is 0. The molecule has 1 aromatic rings. The van der Waals surface area contributed by atoms with Crippen molar-refractivity contribution >= 4 is 5.82 Å². The fourth-order valence-corrected chi connectivity index (χ4v) is 1.68. The Balaban J connectivity index is 2.46. The van der Waals surface area contributed by atoms with Crippen molar-refractivity contribution in [1.29, 1.82) is 0 Å². The van der Waals surface area contributed by atoms with E-state index in [-0.39, 0.29) is 0 Å². The highest BCUT2D eigenvalue weighted by atomic mass is 15.3. The number of nitrogens with one attached hydrogen (secondary N) is 1. The summed E-state index contributed by atoms with van der Waals surface area (Å²) in [5, 5.41) is 7.82. The van der Waals surface area contributed by atoms with Crippen LogP contribution in [-0.2, 0) is 7.05 Å². The first kappa shape index (κ1) is 12.1. The Morgan fingerprint density at radius 2 is 2.13 bits per heavy atom. The zero-order chi connectivity index (χ0) is 11.3. The third-order valence-corrected chi connectivity index (χ3v) is 2.94. The lowest BCUT2D eigenvalue weighted by Gasteiger charge is -2.19. The van der Waals surface area contributed by atoms with Crippen LogP contribution < -0.4 is 5.32 Å². The van der Waals surface area contributed by atoms with Gasteiger partial charge in [-0.15, -0.1) is 0 Å². The number of rotatable bonds is 6. The smallest absolute Gasteiger partial charge is 0.148 e. The molecule has 0 aliphatic carbocycles. The molecule has 0 aliphatic heterocycles. The SMILES string of the molecule is CC[C@H](C)C[C@H](CC)Nc1ccn(C)n1. The summed E-state index contributed by atoms with van der Waals surface area (Å²) in [7, 11) is 1.95. The highest BCUT2D eigenvalue weighted by Gasteiger charge is 2.10. The molecule has 0 saturated heterocycles. The standard InChI is InChI=1S/C12H23N3/c1-5-10(3)9-11(6-2)13-12-7-8-15(4)14-12/h7-8,10-11H,5-6,9H2,1-4H3,(H,13,14)/t10-,11-/m0/s1. The van der Waals surface area contributed by atoms with Crippen molar-refractivity contribution in [3.8, 4) is 0 Å². The molecule has 1 N–H and O–H groups in total. The number of aryl methyl sites for hydroxylation is 1. The van der Waals surface area contributed by atoms with Crippen LogP contribution in [-0.4, -0.2) is 15.8 Å². The Bertz CT molecular complexity index is 280. The Kier molecular flexibility index (Phi) is 4.66. The number of hydrogen-bond donors (Lipinski definition) is 1. The molecule has 0 spiro atoms. The van der Waals surface area contributed by atoms with E-state index in [1.807, 2.05) is 24.0 Å². The molecule has 15 heavy (non-hydrogen) atoms. The molecule has 86 valence electrons. The lowest BCUT2D eigenvalue weighted by Crippen LogP contribution is -2.21. The van der Waals surface area contributed by atoms with Crippen LogP contribution in [0.3, 0.4) is 0 Å². The maximum absolute atomic E-state index is 4.34. The minimum atomic E-state index is 0.551. The van der Waals surface area contributed by atoms with E-state index < -0.39 is 0 Å². The summed E-state index contributed by atoms with van der Waals surface area (Å²) in [6.07, 6.45) is 5.60. The van der Waals surface area contributed by atoms with Gasteiger partial charge >= 0.3 is 0 Å². The third kappa shape index (κ3) is 3.94. The van der Waals surface area contributed by atoms with Gasteiger partial charge in [-0.1, -0.05) is 27.2 Å². The van der Waals surface area contributed by atoms with Gasteiger partial charge in [-0.05, 0) is 18.8 Å². The van der Waals surface area contributed by atoms with E-state index in [1.54, 1.807) is 0 Å². The predicted octanol–water partition coefficient (Wildman–Crippen LogP) is 3.05. The number of hydrogen-bond acceptors (Lipinski definition) is 2. The molecule has 3 nitrogen and oxygen atoms in total. The summed E-state index contributed by atoms with van der Waals surface area (Å²) in [5.74, 6) is 1.78. The molecule has 0 amide bonds. The normalized spacial score (nSPS) is 14.9. The summed E-state index contributed by atoms with van der Waals surface area (Å²) >= 11 is 0. The van der Waals surface area contributed by atoms with Gasteiger partial charge in [-0.3, -0.25) is 4.68 Å². The number of nitrogens with zero attached hydrogens (tertiary/aromatic N) is 2. The van der Waals surface area contributed by atoms with Gasteiger partial charge < -0.3 is 5.32 Å². The molecule has 0 fully saturated rings. The van der Waals surface area contributed by atoms with E-state index in [4.69, 9.17) is 0 Å². The highest BCUT2D eigenvalue weighted by Crippen LogP contribution is 2.15. The Hall–Kier alpha value is -0.990. The Morgan fingerprint density at radius 3 is 2.60 bits per heavy atom. The predicted molar refractivity (Wildman–Crippen MR) is 65.0 cm³/mol. The van der Waals surface area contributed by atoms with Crippen LogP contribution >= 0.6 is 0 Å². The molecule has 1 rings (SSSR count). The molecule has 0 radical (unpaired) electrons. The monoisotopic (exact) mass is 209 g/mol. The first-order valence-electron chi connectivity index (χ1n) is 5.91. The average molecular weight is 209 g/mol. The van der Waals surface area contributed by atoms with Gasteiger partial charge in [0.05, 0.1) is 0 Å². The second kappa shape index (κ2) is 5.79. The zero-order valence-corrected chi connectivity index (χ0v) is 10.3. The fourth-order valence-electron chi connectivity index (χ4n) is 1.68. The van der Waals surface area contributed by atoms with Gasteiger partial charge in [-0.25, -0.2) is 0 Å². The molecule has 0 saturated carbocycles. The minimum Gasteiger partial charge on any atom is -0.366 e. The number of aromatic nitrogens is 2. The summed E-state index contributed by atoms with van der Waals surface area (Å²) in [6, 6.07) is 2.58. The molecule has 0 aliphatic rings. The minimum absolute atomic E-state index is 0.551. The lowest BCUT2D eigenvalue weighted by molar-refractivity contribution is 0.461. The van der Waals surface area contributed by atoms with E-state index >= 15 is 0 Å². The van der Waals surface area contributed by atoms with E-state index in [2.05, 4.69) is 31.2 Å². The average Bonchev–Trinajstić information content (AvgIpc) is 2.62. The maximum Gasteiger partial charge on any atom is 0.148 e. The van der Waals surface area contributed by atoms with Crippen LogP contribution in [0, 0.1) is 5.92 Å². The fraction of sp³-hybridized carbons (Fsp3) is 0.750. The topological polar surface area (TPSA) is 29.9 Å². The summed E-state index contributed by atoms with van der Waals surface area (Å²) < 4.78 is 1.83. The van der Waals surface area contributed by atoms with Crippen LogP contribution in [0.5, 0.6) is 0 Å². The van der Waals surface area contributed by atoms with Crippen LogP contribution in [0.25, 0.3) is 0 Å². The van der Waals surface area contributed by atoms with E-state index in [0.717, 1.165) is 18.2 Å². The van der Waals surface area contributed by atoms with Gasteiger partial charge in [0.25, 0.3) is 0 Å². The van der Waals surface area contributed by atoms with Crippen LogP contribution in [0.15, 0.2) is 12.3 Å². The number of anilines is 1. The molecule has 1 heterocycles. The van der Waals surface area contributed by atoms with Gasteiger partial charge in [-0.2, -0.15) is 5.10 Å². The van der Waals surface area contributed by atoms with Crippen LogP contribution in [0.2, 0.25) is 0 Å².